The van der Waals surface area contributed by atoms with Crippen LogP contribution in [-0.4, -0.2) is 25.8 Å². The van der Waals surface area contributed by atoms with Crippen molar-refractivity contribution in [1.29, 1.82) is 0 Å². The summed E-state index contributed by atoms with van der Waals surface area (Å²) >= 11 is 5.30. The fourth-order valence-corrected chi connectivity index (χ4v) is 3.99. The molecule has 0 saturated heterocycles. The Balaban J connectivity index is 1.56. The summed E-state index contributed by atoms with van der Waals surface area (Å²) < 4.78 is 28.3. The van der Waals surface area contributed by atoms with E-state index in [4.69, 9.17) is 21.8 Å². The van der Waals surface area contributed by atoms with E-state index in [1.165, 1.54) is 31.4 Å². The van der Waals surface area contributed by atoms with E-state index in [2.05, 4.69) is 22.8 Å². The van der Waals surface area contributed by atoms with E-state index in [-0.39, 0.29) is 4.90 Å². The lowest BCUT2D eigenvalue weighted by Gasteiger charge is -2.30. The van der Waals surface area contributed by atoms with Gasteiger partial charge in [0.2, 0.25) is 10.0 Å². The second-order valence-electron chi connectivity index (χ2n) is 6.98. The third kappa shape index (κ3) is 5.40. The molecule has 7 nitrogen and oxygen atoms in total. The molecule has 0 spiro atoms. The lowest BCUT2D eigenvalue weighted by molar-refractivity contribution is 0.308. The van der Waals surface area contributed by atoms with Crippen molar-refractivity contribution < 1.29 is 12.8 Å². The quantitative estimate of drug-likeness (QED) is 0.390. The number of thiocarbonyl (C=S) groups is 1. The van der Waals surface area contributed by atoms with Crippen LogP contribution in [0, 0.1) is 5.92 Å². The number of furan rings is 1. The standard InChI is InChI=1S/C19H24N4O3S2/c1-13-4-2-3-5-17(13)22-19(27)23-21-12-15-8-11-18(26-15)14-6-9-16(10-7-14)28(20,24)25/h6-13,17H,2-5H2,1H3,(H2,20,24,25)(H2,22,23,27)/b21-12-/t13-,17-/m0/s1. The molecule has 1 heterocycles. The molecule has 0 bridgehead atoms. The Morgan fingerprint density at radius 3 is 2.61 bits per heavy atom. The first-order chi connectivity index (χ1) is 13.3. The van der Waals surface area contributed by atoms with Gasteiger partial charge < -0.3 is 9.73 Å². The molecule has 1 aromatic carbocycles. The molecule has 1 saturated carbocycles. The highest BCUT2D eigenvalue weighted by Crippen LogP contribution is 2.24. The van der Waals surface area contributed by atoms with Gasteiger partial charge in [0.15, 0.2) is 5.11 Å². The average Bonchev–Trinajstić information content (AvgIpc) is 3.12. The summed E-state index contributed by atoms with van der Waals surface area (Å²) in [6.45, 7) is 2.24. The molecule has 9 heteroatoms. The van der Waals surface area contributed by atoms with Crippen LogP contribution in [0.4, 0.5) is 0 Å². The Morgan fingerprint density at radius 2 is 1.93 bits per heavy atom. The molecule has 150 valence electrons. The maximum absolute atomic E-state index is 11.3. The number of benzene rings is 1. The monoisotopic (exact) mass is 420 g/mol. The minimum Gasteiger partial charge on any atom is -0.455 e. The van der Waals surface area contributed by atoms with Crippen LogP contribution in [0.1, 0.15) is 38.4 Å². The van der Waals surface area contributed by atoms with E-state index >= 15 is 0 Å². The molecular weight excluding hydrogens is 396 g/mol. The predicted molar refractivity (Wildman–Crippen MR) is 113 cm³/mol. The highest BCUT2D eigenvalue weighted by molar-refractivity contribution is 7.89. The largest absolute Gasteiger partial charge is 0.455 e. The Hall–Kier alpha value is -2.23. The fraction of sp³-hybridized carbons (Fsp3) is 0.368. The van der Waals surface area contributed by atoms with Crippen LogP contribution in [0.25, 0.3) is 11.3 Å². The summed E-state index contributed by atoms with van der Waals surface area (Å²) in [5.74, 6) is 1.75. The summed E-state index contributed by atoms with van der Waals surface area (Å²) in [6.07, 6.45) is 6.39. The van der Waals surface area contributed by atoms with Crippen LogP contribution in [0.5, 0.6) is 0 Å². The number of hydrogen-bond donors (Lipinski definition) is 3. The number of rotatable bonds is 5. The smallest absolute Gasteiger partial charge is 0.238 e. The third-order valence-electron chi connectivity index (χ3n) is 4.88. The van der Waals surface area contributed by atoms with Crippen molar-refractivity contribution >= 4 is 33.6 Å². The SMILES string of the molecule is C[C@H]1CCCC[C@@H]1NC(=S)N/N=C\c1ccc(-c2ccc(S(N)(=O)=O)cc2)o1. The molecule has 1 aromatic heterocycles. The summed E-state index contributed by atoms with van der Waals surface area (Å²) in [4.78, 5) is 0.0575. The van der Waals surface area contributed by atoms with Gasteiger partial charge in [-0.15, -0.1) is 0 Å². The lowest BCUT2D eigenvalue weighted by Crippen LogP contribution is -2.44. The topological polar surface area (TPSA) is 110 Å². The number of hydrogen-bond acceptors (Lipinski definition) is 5. The van der Waals surface area contributed by atoms with E-state index < -0.39 is 10.0 Å². The van der Waals surface area contributed by atoms with Gasteiger partial charge in [0.1, 0.15) is 11.5 Å². The second kappa shape index (κ2) is 8.85. The summed E-state index contributed by atoms with van der Waals surface area (Å²) in [7, 11) is -3.71. The molecular formula is C19H24N4O3S2. The van der Waals surface area contributed by atoms with Crippen molar-refractivity contribution in [3.8, 4) is 11.3 Å². The van der Waals surface area contributed by atoms with Gasteiger partial charge >= 0.3 is 0 Å². The van der Waals surface area contributed by atoms with Crippen molar-refractivity contribution in [2.24, 2.45) is 16.2 Å². The molecule has 2 aromatic rings. The Labute approximate surface area is 170 Å². The third-order valence-corrected chi connectivity index (χ3v) is 6.02. The first kappa shape index (κ1) is 20.5. The van der Waals surface area contributed by atoms with Crippen molar-refractivity contribution in [1.82, 2.24) is 10.7 Å². The molecule has 1 fully saturated rings. The van der Waals surface area contributed by atoms with Crippen molar-refractivity contribution in [3.05, 3.63) is 42.2 Å². The summed E-state index contributed by atoms with van der Waals surface area (Å²) in [5, 5.41) is 13.0. The van der Waals surface area contributed by atoms with E-state index in [1.54, 1.807) is 30.5 Å². The second-order valence-corrected chi connectivity index (χ2v) is 8.95. The maximum Gasteiger partial charge on any atom is 0.238 e. The van der Waals surface area contributed by atoms with Gasteiger partial charge in [-0.3, -0.25) is 5.43 Å². The maximum atomic E-state index is 11.3. The molecule has 28 heavy (non-hydrogen) atoms. The summed E-state index contributed by atoms with van der Waals surface area (Å²) in [6, 6.07) is 10.1. The number of nitrogens with two attached hydrogens (primary N) is 1. The van der Waals surface area contributed by atoms with E-state index in [9.17, 15) is 8.42 Å². The Bertz CT molecular complexity index is 952. The van der Waals surface area contributed by atoms with Crippen molar-refractivity contribution in [2.45, 2.75) is 43.5 Å². The van der Waals surface area contributed by atoms with Crippen molar-refractivity contribution in [3.63, 3.8) is 0 Å². The zero-order valence-electron chi connectivity index (χ0n) is 15.6. The molecule has 0 amide bonds. The van der Waals surface area contributed by atoms with Crippen LogP contribution in [0.3, 0.4) is 0 Å². The van der Waals surface area contributed by atoms with E-state index in [1.807, 2.05) is 0 Å². The Morgan fingerprint density at radius 1 is 1.21 bits per heavy atom. The van der Waals surface area contributed by atoms with Crippen LogP contribution >= 0.6 is 12.2 Å². The van der Waals surface area contributed by atoms with Gasteiger partial charge in [-0.25, -0.2) is 13.6 Å². The minimum absolute atomic E-state index is 0.0575. The number of nitrogens with one attached hydrogen (secondary N) is 2. The number of hydrazone groups is 1. The molecule has 3 rings (SSSR count). The minimum atomic E-state index is -3.71. The molecule has 2 atom stereocenters. The number of nitrogens with zero attached hydrogens (tertiary/aromatic N) is 1. The van der Waals surface area contributed by atoms with Gasteiger partial charge in [0.05, 0.1) is 11.1 Å². The van der Waals surface area contributed by atoms with Crippen LogP contribution in [0.15, 0.2) is 50.8 Å². The first-order valence-electron chi connectivity index (χ1n) is 9.15. The van der Waals surface area contributed by atoms with Gasteiger partial charge in [-0.2, -0.15) is 5.10 Å². The first-order valence-corrected chi connectivity index (χ1v) is 11.1. The highest BCUT2D eigenvalue weighted by Gasteiger charge is 2.21. The predicted octanol–water partition coefficient (Wildman–Crippen LogP) is 2.97. The molecule has 1 aliphatic carbocycles. The Kier molecular flexibility index (Phi) is 6.48. The molecule has 1 aliphatic rings. The molecule has 4 N–H and O–H groups in total. The van der Waals surface area contributed by atoms with Crippen LogP contribution in [-0.2, 0) is 10.0 Å². The van der Waals surface area contributed by atoms with Gasteiger partial charge in [0.25, 0.3) is 0 Å². The zero-order chi connectivity index (χ0) is 20.1. The average molecular weight is 421 g/mol. The fourth-order valence-electron chi connectivity index (χ4n) is 3.27. The number of primary sulfonamides is 1. The van der Waals surface area contributed by atoms with Crippen LogP contribution in [0.2, 0.25) is 0 Å². The zero-order valence-corrected chi connectivity index (χ0v) is 17.2. The van der Waals surface area contributed by atoms with E-state index in [0.29, 0.717) is 28.6 Å². The lowest BCUT2D eigenvalue weighted by atomic mass is 9.86. The van der Waals surface area contributed by atoms with Gasteiger partial charge in [-0.1, -0.05) is 19.8 Å². The number of sulfonamides is 1. The molecule has 0 aliphatic heterocycles. The van der Waals surface area contributed by atoms with Crippen LogP contribution < -0.4 is 15.9 Å². The molecule has 0 unspecified atom stereocenters. The van der Waals surface area contributed by atoms with E-state index in [0.717, 1.165) is 12.0 Å². The van der Waals surface area contributed by atoms with Crippen molar-refractivity contribution in [2.75, 3.05) is 0 Å². The normalized spacial score (nSPS) is 20.2. The van der Waals surface area contributed by atoms with Gasteiger partial charge in [-0.05, 0) is 67.4 Å². The summed E-state index contributed by atoms with van der Waals surface area (Å²) in [5.41, 5.74) is 3.56. The highest BCUT2D eigenvalue weighted by atomic mass is 32.2. The molecule has 0 radical (unpaired) electrons. The van der Waals surface area contributed by atoms with Gasteiger partial charge in [0, 0.05) is 11.6 Å².